The first-order valence-corrected chi connectivity index (χ1v) is 6.18. The fraction of sp³-hybridized carbons (Fsp3) is 0.538. The highest BCUT2D eigenvalue weighted by Gasteiger charge is 2.40. The Labute approximate surface area is 111 Å². The van der Waals surface area contributed by atoms with Gasteiger partial charge in [0.15, 0.2) is 0 Å². The molecule has 2 aliphatic heterocycles. The number of hydrogen-bond donors (Lipinski definition) is 1. The maximum absolute atomic E-state index is 11.6. The SMILES string of the molecule is C=CCOC(=O)N1CCC2(C=C(C(=O)O)CO2)CC1. The molecule has 0 atom stereocenters. The van der Waals surface area contributed by atoms with Gasteiger partial charge >= 0.3 is 12.1 Å². The van der Waals surface area contributed by atoms with E-state index in [2.05, 4.69) is 6.58 Å². The lowest BCUT2D eigenvalue weighted by atomic mass is 9.91. The highest BCUT2D eigenvalue weighted by molar-refractivity contribution is 5.87. The average Bonchev–Trinajstić information content (AvgIpc) is 2.81. The Kier molecular flexibility index (Phi) is 3.90. The molecule has 0 aliphatic carbocycles. The van der Waals surface area contributed by atoms with Crippen molar-refractivity contribution in [1.29, 1.82) is 0 Å². The number of carboxylic acids is 1. The number of aliphatic carboxylic acids is 1. The molecule has 0 aromatic heterocycles. The van der Waals surface area contributed by atoms with E-state index < -0.39 is 11.6 Å². The number of likely N-dealkylation sites (tertiary alicyclic amines) is 1. The molecule has 104 valence electrons. The third-order valence-corrected chi connectivity index (χ3v) is 3.42. The smallest absolute Gasteiger partial charge is 0.410 e. The fourth-order valence-electron chi connectivity index (χ4n) is 2.32. The Balaban J connectivity index is 1.91. The minimum Gasteiger partial charge on any atom is -0.478 e. The van der Waals surface area contributed by atoms with Gasteiger partial charge in [0.2, 0.25) is 0 Å². The summed E-state index contributed by atoms with van der Waals surface area (Å²) in [4.78, 5) is 24.1. The average molecular weight is 267 g/mol. The zero-order valence-electron chi connectivity index (χ0n) is 10.6. The molecule has 2 heterocycles. The Hall–Kier alpha value is -1.82. The first-order valence-electron chi connectivity index (χ1n) is 6.18. The number of carbonyl (C=O) groups is 2. The quantitative estimate of drug-likeness (QED) is 0.777. The fourth-order valence-corrected chi connectivity index (χ4v) is 2.32. The van der Waals surface area contributed by atoms with Gasteiger partial charge in [0, 0.05) is 13.1 Å². The molecule has 1 saturated heterocycles. The summed E-state index contributed by atoms with van der Waals surface area (Å²) >= 11 is 0. The summed E-state index contributed by atoms with van der Waals surface area (Å²) in [6, 6.07) is 0. The summed E-state index contributed by atoms with van der Waals surface area (Å²) in [6.45, 7) is 4.81. The molecule has 0 aromatic rings. The van der Waals surface area contributed by atoms with E-state index >= 15 is 0 Å². The van der Waals surface area contributed by atoms with Crippen molar-refractivity contribution in [3.63, 3.8) is 0 Å². The molecule has 0 aromatic carbocycles. The molecule has 2 rings (SSSR count). The topological polar surface area (TPSA) is 76.1 Å². The molecule has 0 unspecified atom stereocenters. The number of ether oxygens (including phenoxy) is 2. The predicted molar refractivity (Wildman–Crippen MR) is 66.8 cm³/mol. The standard InChI is InChI=1S/C13H17NO5/c1-2-7-18-12(17)14-5-3-13(4-6-14)8-10(9-19-13)11(15)16/h2,8H,1,3-7,9H2,(H,15,16). The summed E-state index contributed by atoms with van der Waals surface area (Å²) in [5.74, 6) is -0.940. The van der Waals surface area contributed by atoms with Crippen LogP contribution in [0.1, 0.15) is 12.8 Å². The number of nitrogens with zero attached hydrogens (tertiary/aromatic N) is 1. The summed E-state index contributed by atoms with van der Waals surface area (Å²) in [5.41, 5.74) is -0.231. The third kappa shape index (κ3) is 2.96. The molecule has 0 bridgehead atoms. The van der Waals surface area contributed by atoms with Crippen LogP contribution in [0.3, 0.4) is 0 Å². The molecule has 6 nitrogen and oxygen atoms in total. The molecule has 2 aliphatic rings. The van der Waals surface area contributed by atoms with Crippen LogP contribution in [-0.4, -0.2) is 54.0 Å². The first-order chi connectivity index (χ1) is 9.06. The maximum Gasteiger partial charge on any atom is 0.410 e. The van der Waals surface area contributed by atoms with Crippen LogP contribution in [0.25, 0.3) is 0 Å². The highest BCUT2D eigenvalue weighted by atomic mass is 16.6. The Morgan fingerprint density at radius 2 is 2.21 bits per heavy atom. The van der Waals surface area contributed by atoms with Crippen molar-refractivity contribution in [1.82, 2.24) is 4.90 Å². The van der Waals surface area contributed by atoms with Gasteiger partial charge in [0.25, 0.3) is 0 Å². The van der Waals surface area contributed by atoms with Crippen molar-refractivity contribution in [3.05, 3.63) is 24.3 Å². The zero-order valence-corrected chi connectivity index (χ0v) is 10.6. The third-order valence-electron chi connectivity index (χ3n) is 3.42. The van der Waals surface area contributed by atoms with E-state index in [9.17, 15) is 9.59 Å². The summed E-state index contributed by atoms with van der Waals surface area (Å²) in [6.07, 6.45) is 4.02. The van der Waals surface area contributed by atoms with E-state index in [-0.39, 0.29) is 19.3 Å². The van der Waals surface area contributed by atoms with Crippen LogP contribution < -0.4 is 0 Å². The lowest BCUT2D eigenvalue weighted by molar-refractivity contribution is -0.133. The lowest BCUT2D eigenvalue weighted by Gasteiger charge is -2.36. The summed E-state index contributed by atoms with van der Waals surface area (Å²) in [7, 11) is 0. The van der Waals surface area contributed by atoms with Crippen LogP contribution >= 0.6 is 0 Å². The number of rotatable bonds is 3. The van der Waals surface area contributed by atoms with E-state index in [1.54, 1.807) is 11.0 Å². The predicted octanol–water partition coefficient (Wildman–Crippen LogP) is 1.18. The number of carboxylic acid groups (broad SMARTS) is 1. The second kappa shape index (κ2) is 5.44. The van der Waals surface area contributed by atoms with Crippen LogP contribution in [0, 0.1) is 0 Å². The zero-order chi connectivity index (χ0) is 13.9. The van der Waals surface area contributed by atoms with E-state index in [0.29, 0.717) is 31.5 Å². The number of amides is 1. The highest BCUT2D eigenvalue weighted by Crippen LogP contribution is 2.34. The Morgan fingerprint density at radius 3 is 2.74 bits per heavy atom. The van der Waals surface area contributed by atoms with Gasteiger partial charge in [-0.15, -0.1) is 0 Å². The lowest BCUT2D eigenvalue weighted by Crippen LogP contribution is -2.46. The largest absolute Gasteiger partial charge is 0.478 e. The van der Waals surface area contributed by atoms with Crippen LogP contribution in [0.2, 0.25) is 0 Å². The Bertz CT molecular complexity index is 421. The van der Waals surface area contributed by atoms with Gasteiger partial charge in [0.1, 0.15) is 6.61 Å². The monoisotopic (exact) mass is 267 g/mol. The molecule has 1 N–H and O–H groups in total. The van der Waals surface area contributed by atoms with Crippen molar-refractivity contribution in [2.24, 2.45) is 0 Å². The van der Waals surface area contributed by atoms with Gasteiger partial charge in [-0.3, -0.25) is 0 Å². The van der Waals surface area contributed by atoms with Gasteiger partial charge in [-0.05, 0) is 18.9 Å². The van der Waals surface area contributed by atoms with E-state index in [1.165, 1.54) is 6.08 Å². The minimum atomic E-state index is -0.940. The molecule has 1 fully saturated rings. The molecule has 1 spiro atoms. The van der Waals surface area contributed by atoms with Gasteiger partial charge in [-0.2, -0.15) is 0 Å². The van der Waals surface area contributed by atoms with Gasteiger partial charge in [0.05, 0.1) is 17.8 Å². The second-order valence-electron chi connectivity index (χ2n) is 4.68. The normalized spacial score (nSPS) is 21.1. The Morgan fingerprint density at radius 1 is 1.53 bits per heavy atom. The van der Waals surface area contributed by atoms with Crippen LogP contribution in [0.15, 0.2) is 24.3 Å². The van der Waals surface area contributed by atoms with Crippen molar-refractivity contribution in [2.75, 3.05) is 26.3 Å². The minimum absolute atomic E-state index is 0.135. The van der Waals surface area contributed by atoms with Gasteiger partial charge < -0.3 is 19.5 Å². The molecule has 0 saturated carbocycles. The number of piperidine rings is 1. The van der Waals surface area contributed by atoms with E-state index in [0.717, 1.165) is 0 Å². The number of hydrogen-bond acceptors (Lipinski definition) is 4. The molecular weight excluding hydrogens is 250 g/mol. The van der Waals surface area contributed by atoms with E-state index in [1.807, 2.05) is 0 Å². The summed E-state index contributed by atoms with van der Waals surface area (Å²) in [5, 5.41) is 8.92. The van der Waals surface area contributed by atoms with Crippen molar-refractivity contribution >= 4 is 12.1 Å². The van der Waals surface area contributed by atoms with Crippen molar-refractivity contribution in [2.45, 2.75) is 18.4 Å². The molecule has 0 radical (unpaired) electrons. The van der Waals surface area contributed by atoms with Gasteiger partial charge in [-0.1, -0.05) is 12.7 Å². The van der Waals surface area contributed by atoms with Gasteiger partial charge in [-0.25, -0.2) is 9.59 Å². The molecule has 1 amide bonds. The number of carbonyl (C=O) groups excluding carboxylic acids is 1. The molecule has 6 heteroatoms. The van der Waals surface area contributed by atoms with Crippen LogP contribution in [0.5, 0.6) is 0 Å². The molecular formula is C13H17NO5. The summed E-state index contributed by atoms with van der Waals surface area (Å²) < 4.78 is 10.6. The van der Waals surface area contributed by atoms with Crippen molar-refractivity contribution < 1.29 is 24.2 Å². The van der Waals surface area contributed by atoms with E-state index in [4.69, 9.17) is 14.6 Å². The maximum atomic E-state index is 11.6. The molecule has 19 heavy (non-hydrogen) atoms. The van der Waals surface area contributed by atoms with Crippen LogP contribution in [-0.2, 0) is 14.3 Å². The first kappa shape index (κ1) is 13.6. The van der Waals surface area contributed by atoms with Crippen molar-refractivity contribution in [3.8, 4) is 0 Å². The van der Waals surface area contributed by atoms with Crippen LogP contribution in [0.4, 0.5) is 4.79 Å². The second-order valence-corrected chi connectivity index (χ2v) is 4.68.